The van der Waals surface area contributed by atoms with Gasteiger partial charge in [0.15, 0.2) is 6.61 Å². The second-order valence-electron chi connectivity index (χ2n) is 5.88. The number of alkyl halides is 2. The van der Waals surface area contributed by atoms with Gasteiger partial charge in [0, 0.05) is 17.0 Å². The van der Waals surface area contributed by atoms with Gasteiger partial charge >= 0.3 is 5.97 Å². The summed E-state index contributed by atoms with van der Waals surface area (Å²) in [6.07, 6.45) is 0.607. The van der Waals surface area contributed by atoms with Crippen molar-refractivity contribution >= 4 is 29.3 Å². The van der Waals surface area contributed by atoms with Crippen molar-refractivity contribution < 1.29 is 27.8 Å². The fourth-order valence-electron chi connectivity index (χ4n) is 2.25. The van der Waals surface area contributed by atoms with Crippen LogP contribution in [0, 0.1) is 6.92 Å². The zero-order chi connectivity index (χ0) is 20.4. The summed E-state index contributed by atoms with van der Waals surface area (Å²) in [6.45, 7) is 1.92. The van der Waals surface area contributed by atoms with E-state index in [1.807, 2.05) is 31.2 Å². The third kappa shape index (κ3) is 8.39. The molecule has 150 valence electrons. The van der Waals surface area contributed by atoms with Crippen molar-refractivity contribution in [1.82, 2.24) is 0 Å². The van der Waals surface area contributed by atoms with Gasteiger partial charge in [0.25, 0.3) is 11.7 Å². The van der Waals surface area contributed by atoms with Crippen molar-refractivity contribution in [2.45, 2.75) is 30.4 Å². The van der Waals surface area contributed by atoms with Gasteiger partial charge in [0.1, 0.15) is 5.75 Å². The second-order valence-corrected chi connectivity index (χ2v) is 6.94. The summed E-state index contributed by atoms with van der Waals surface area (Å²) < 4.78 is 35.0. The molecule has 2 rings (SSSR count). The average molecular weight is 409 g/mol. The van der Waals surface area contributed by atoms with E-state index in [-0.39, 0.29) is 6.42 Å². The first kappa shape index (κ1) is 21.7. The number of aryl methyl sites for hydroxylation is 1. The SMILES string of the molecule is Cc1cccc(OCCCC(=O)OCC(=O)Nc2ccc(SC(F)F)cc2)c1. The van der Waals surface area contributed by atoms with Gasteiger partial charge in [0.2, 0.25) is 0 Å². The minimum absolute atomic E-state index is 0.138. The molecule has 2 aromatic rings. The van der Waals surface area contributed by atoms with Crippen molar-refractivity contribution in [3.63, 3.8) is 0 Å². The number of hydrogen-bond acceptors (Lipinski definition) is 5. The summed E-state index contributed by atoms with van der Waals surface area (Å²) in [7, 11) is 0. The van der Waals surface area contributed by atoms with Gasteiger partial charge < -0.3 is 14.8 Å². The average Bonchev–Trinajstić information content (AvgIpc) is 2.65. The molecule has 0 heterocycles. The Bertz CT molecular complexity index is 784. The first-order chi connectivity index (χ1) is 13.4. The van der Waals surface area contributed by atoms with Gasteiger partial charge in [-0.15, -0.1) is 0 Å². The number of rotatable bonds is 10. The Morgan fingerprint density at radius 1 is 1.14 bits per heavy atom. The summed E-state index contributed by atoms with van der Waals surface area (Å²) >= 11 is 0.423. The lowest BCUT2D eigenvalue weighted by Crippen LogP contribution is -2.21. The molecular formula is C20H21F2NO4S. The van der Waals surface area contributed by atoms with Crippen LogP contribution in [-0.2, 0) is 14.3 Å². The molecule has 0 saturated heterocycles. The highest BCUT2D eigenvalue weighted by atomic mass is 32.2. The number of benzene rings is 2. The highest BCUT2D eigenvalue weighted by Gasteiger charge is 2.09. The van der Waals surface area contributed by atoms with Crippen LogP contribution in [0.25, 0.3) is 0 Å². The number of anilines is 1. The largest absolute Gasteiger partial charge is 0.494 e. The first-order valence-electron chi connectivity index (χ1n) is 8.62. The van der Waals surface area contributed by atoms with Crippen LogP contribution < -0.4 is 10.1 Å². The quantitative estimate of drug-likeness (QED) is 0.352. The number of thioether (sulfide) groups is 1. The van der Waals surface area contributed by atoms with Crippen molar-refractivity contribution in [1.29, 1.82) is 0 Å². The van der Waals surface area contributed by atoms with Gasteiger partial charge in [-0.05, 0) is 55.3 Å². The third-order valence-electron chi connectivity index (χ3n) is 3.51. The maximum atomic E-state index is 12.3. The van der Waals surface area contributed by atoms with E-state index in [4.69, 9.17) is 9.47 Å². The Labute approximate surface area is 166 Å². The van der Waals surface area contributed by atoms with Gasteiger partial charge in [-0.3, -0.25) is 9.59 Å². The fourth-order valence-corrected chi connectivity index (χ4v) is 2.75. The van der Waals surface area contributed by atoms with E-state index in [1.165, 1.54) is 24.3 Å². The number of halogens is 2. The number of esters is 1. The summed E-state index contributed by atoms with van der Waals surface area (Å²) in [5.74, 6) is -2.75. The van der Waals surface area contributed by atoms with Gasteiger partial charge in [-0.2, -0.15) is 8.78 Å². The van der Waals surface area contributed by atoms with E-state index in [0.717, 1.165) is 11.3 Å². The van der Waals surface area contributed by atoms with Crippen LogP contribution in [0.15, 0.2) is 53.4 Å². The molecule has 28 heavy (non-hydrogen) atoms. The molecule has 0 atom stereocenters. The van der Waals surface area contributed by atoms with Crippen LogP contribution in [0.3, 0.4) is 0 Å². The molecule has 1 N–H and O–H groups in total. The van der Waals surface area contributed by atoms with E-state index in [0.29, 0.717) is 35.4 Å². The number of nitrogens with one attached hydrogen (secondary N) is 1. The molecule has 1 amide bonds. The molecular weight excluding hydrogens is 388 g/mol. The molecule has 0 saturated carbocycles. The Morgan fingerprint density at radius 3 is 2.57 bits per heavy atom. The fraction of sp³-hybridized carbons (Fsp3) is 0.300. The monoisotopic (exact) mass is 409 g/mol. The Hall–Kier alpha value is -2.61. The summed E-state index contributed by atoms with van der Waals surface area (Å²) in [5.41, 5.74) is 1.52. The molecule has 0 spiro atoms. The van der Waals surface area contributed by atoms with Crippen LogP contribution in [-0.4, -0.2) is 30.8 Å². The Balaban J connectivity index is 1.61. The van der Waals surface area contributed by atoms with Gasteiger partial charge in [0.05, 0.1) is 6.61 Å². The number of carbonyl (C=O) groups is 2. The van der Waals surface area contributed by atoms with Crippen molar-refractivity contribution in [2.24, 2.45) is 0 Å². The maximum Gasteiger partial charge on any atom is 0.306 e. The number of hydrogen-bond donors (Lipinski definition) is 1. The molecule has 0 aromatic heterocycles. The normalized spacial score (nSPS) is 10.6. The van der Waals surface area contributed by atoms with E-state index in [1.54, 1.807) is 0 Å². The maximum absolute atomic E-state index is 12.3. The van der Waals surface area contributed by atoms with Gasteiger partial charge in [-0.1, -0.05) is 23.9 Å². The predicted octanol–water partition coefficient (Wildman–Crippen LogP) is 4.65. The number of amides is 1. The van der Waals surface area contributed by atoms with Crippen LogP contribution >= 0.6 is 11.8 Å². The summed E-state index contributed by atoms with van der Waals surface area (Å²) in [6, 6.07) is 13.6. The minimum Gasteiger partial charge on any atom is -0.494 e. The highest BCUT2D eigenvalue weighted by molar-refractivity contribution is 7.99. The van der Waals surface area contributed by atoms with Crippen LogP contribution in [0.1, 0.15) is 18.4 Å². The Kier molecular flexibility index (Phi) is 8.74. The van der Waals surface area contributed by atoms with Crippen LogP contribution in [0.4, 0.5) is 14.5 Å². The topological polar surface area (TPSA) is 64.6 Å². The highest BCUT2D eigenvalue weighted by Crippen LogP contribution is 2.26. The molecule has 0 aliphatic heterocycles. The van der Waals surface area contributed by atoms with E-state index in [2.05, 4.69) is 5.32 Å². The number of ether oxygens (including phenoxy) is 2. The standard InChI is InChI=1S/C20H21F2NO4S/c1-14-4-2-5-16(12-14)26-11-3-6-19(25)27-13-18(24)23-15-7-9-17(10-8-15)28-20(21)22/h2,4-5,7-10,12,20H,3,6,11,13H2,1H3,(H,23,24). The third-order valence-corrected chi connectivity index (χ3v) is 4.23. The van der Waals surface area contributed by atoms with Gasteiger partial charge in [-0.25, -0.2) is 0 Å². The lowest BCUT2D eigenvalue weighted by Gasteiger charge is -2.08. The lowest BCUT2D eigenvalue weighted by atomic mass is 10.2. The van der Waals surface area contributed by atoms with E-state index < -0.39 is 24.2 Å². The zero-order valence-electron chi connectivity index (χ0n) is 15.3. The predicted molar refractivity (Wildman–Crippen MR) is 104 cm³/mol. The van der Waals surface area contributed by atoms with Crippen LogP contribution in [0.2, 0.25) is 0 Å². The molecule has 0 aliphatic carbocycles. The molecule has 0 aliphatic rings. The van der Waals surface area contributed by atoms with E-state index >= 15 is 0 Å². The van der Waals surface area contributed by atoms with Crippen molar-refractivity contribution in [3.05, 3.63) is 54.1 Å². The lowest BCUT2D eigenvalue weighted by molar-refractivity contribution is -0.147. The number of carbonyl (C=O) groups excluding carboxylic acids is 2. The summed E-state index contributed by atoms with van der Waals surface area (Å²) in [5, 5.41) is 2.53. The molecule has 0 unspecified atom stereocenters. The molecule has 0 fully saturated rings. The smallest absolute Gasteiger partial charge is 0.306 e. The van der Waals surface area contributed by atoms with Crippen molar-refractivity contribution in [3.8, 4) is 5.75 Å². The minimum atomic E-state index is -2.50. The van der Waals surface area contributed by atoms with E-state index in [9.17, 15) is 18.4 Å². The molecule has 0 bridgehead atoms. The van der Waals surface area contributed by atoms with Crippen molar-refractivity contribution in [2.75, 3.05) is 18.5 Å². The molecule has 2 aromatic carbocycles. The Morgan fingerprint density at radius 2 is 1.89 bits per heavy atom. The zero-order valence-corrected chi connectivity index (χ0v) is 16.1. The molecule has 8 heteroatoms. The summed E-state index contributed by atoms with van der Waals surface area (Å²) in [4.78, 5) is 23.9. The molecule has 5 nitrogen and oxygen atoms in total. The second kappa shape index (κ2) is 11.3. The van der Waals surface area contributed by atoms with Crippen LogP contribution in [0.5, 0.6) is 5.75 Å². The first-order valence-corrected chi connectivity index (χ1v) is 9.50. The molecule has 0 radical (unpaired) electrons.